The fourth-order valence-electron chi connectivity index (χ4n) is 1.30. The zero-order valence-corrected chi connectivity index (χ0v) is 9.15. The smallest absolute Gasteiger partial charge is 0.0274 e. The molecule has 1 aromatic rings. The van der Waals surface area contributed by atoms with E-state index < -0.39 is 0 Å². The van der Waals surface area contributed by atoms with Gasteiger partial charge in [-0.05, 0) is 32.5 Å². The largest absolute Gasteiger partial charge is 0.319 e. The quantitative estimate of drug-likeness (QED) is 0.553. The van der Waals surface area contributed by atoms with Crippen molar-refractivity contribution in [3.63, 3.8) is 0 Å². The predicted molar refractivity (Wildman–Crippen MR) is 61.3 cm³/mol. The van der Waals surface area contributed by atoms with Crippen LogP contribution in [0.2, 0.25) is 0 Å². The molecule has 0 saturated heterocycles. The summed E-state index contributed by atoms with van der Waals surface area (Å²) in [5.74, 6) is 6.34. The van der Waals surface area contributed by atoms with E-state index in [1.165, 1.54) is 11.1 Å². The lowest BCUT2D eigenvalue weighted by Gasteiger charge is -1.98. The molecule has 1 rings (SSSR count). The first-order valence-corrected chi connectivity index (χ1v) is 4.95. The Morgan fingerprint density at radius 1 is 1.29 bits per heavy atom. The number of hydrogen-bond donors (Lipinski definition) is 1. The predicted octanol–water partition coefficient (Wildman–Crippen LogP) is 2.26. The van der Waals surface area contributed by atoms with E-state index in [0.717, 1.165) is 18.5 Å². The van der Waals surface area contributed by atoms with Gasteiger partial charge in [0.1, 0.15) is 0 Å². The van der Waals surface area contributed by atoms with Crippen LogP contribution in [0.1, 0.15) is 23.1 Å². The van der Waals surface area contributed by atoms with Crippen molar-refractivity contribution in [1.82, 2.24) is 5.32 Å². The van der Waals surface area contributed by atoms with Gasteiger partial charge in [0.25, 0.3) is 0 Å². The van der Waals surface area contributed by atoms with Gasteiger partial charge in [-0.2, -0.15) is 0 Å². The molecule has 0 spiro atoms. The molecule has 1 nitrogen and oxygen atoms in total. The molecular formula is C13H17N. The second-order valence-electron chi connectivity index (χ2n) is 3.47. The van der Waals surface area contributed by atoms with Crippen molar-refractivity contribution in [3.8, 4) is 11.8 Å². The van der Waals surface area contributed by atoms with Crippen molar-refractivity contribution in [2.24, 2.45) is 0 Å². The van der Waals surface area contributed by atoms with Crippen LogP contribution in [0.15, 0.2) is 18.2 Å². The van der Waals surface area contributed by atoms with Gasteiger partial charge in [0.15, 0.2) is 0 Å². The van der Waals surface area contributed by atoms with Crippen molar-refractivity contribution in [2.75, 3.05) is 13.6 Å². The van der Waals surface area contributed by atoms with Crippen molar-refractivity contribution in [3.05, 3.63) is 34.9 Å². The van der Waals surface area contributed by atoms with Crippen molar-refractivity contribution >= 4 is 0 Å². The molecule has 74 valence electrons. The molecule has 0 amide bonds. The minimum Gasteiger partial charge on any atom is -0.319 e. The molecular weight excluding hydrogens is 170 g/mol. The molecule has 0 saturated carbocycles. The summed E-state index contributed by atoms with van der Waals surface area (Å²) < 4.78 is 0. The molecule has 1 aromatic carbocycles. The molecule has 0 heterocycles. The van der Waals surface area contributed by atoms with Crippen LogP contribution >= 0.6 is 0 Å². The van der Waals surface area contributed by atoms with E-state index in [-0.39, 0.29) is 0 Å². The number of hydrogen-bond acceptors (Lipinski definition) is 1. The average Bonchev–Trinajstić information content (AvgIpc) is 2.15. The van der Waals surface area contributed by atoms with Gasteiger partial charge in [0.2, 0.25) is 0 Å². The maximum atomic E-state index is 3.18. The van der Waals surface area contributed by atoms with E-state index in [4.69, 9.17) is 0 Å². The molecule has 0 aliphatic carbocycles. The van der Waals surface area contributed by atoms with Gasteiger partial charge < -0.3 is 5.32 Å². The van der Waals surface area contributed by atoms with E-state index in [0.29, 0.717) is 0 Å². The lowest BCUT2D eigenvalue weighted by Crippen LogP contribution is -2.05. The monoisotopic (exact) mass is 187 g/mol. The van der Waals surface area contributed by atoms with Crippen molar-refractivity contribution in [1.29, 1.82) is 0 Å². The Hall–Kier alpha value is -1.26. The van der Waals surface area contributed by atoms with E-state index in [1.807, 2.05) is 7.05 Å². The van der Waals surface area contributed by atoms with Crippen LogP contribution in [0.5, 0.6) is 0 Å². The standard InChI is InChI=1S/C13H17N/c1-11-7-8-13(12(2)10-11)6-4-5-9-14-3/h7-8,10,14H,5,9H2,1-3H3. The second-order valence-corrected chi connectivity index (χ2v) is 3.47. The summed E-state index contributed by atoms with van der Waals surface area (Å²) in [6.45, 7) is 5.16. The maximum absolute atomic E-state index is 3.18. The van der Waals surface area contributed by atoms with Gasteiger partial charge in [-0.25, -0.2) is 0 Å². The second kappa shape index (κ2) is 5.47. The first-order valence-electron chi connectivity index (χ1n) is 4.95. The highest BCUT2D eigenvalue weighted by Crippen LogP contribution is 2.08. The minimum atomic E-state index is 0.907. The van der Waals surface area contributed by atoms with Crippen molar-refractivity contribution in [2.45, 2.75) is 20.3 Å². The van der Waals surface area contributed by atoms with Crippen LogP contribution in [0.4, 0.5) is 0 Å². The molecule has 1 N–H and O–H groups in total. The van der Waals surface area contributed by atoms with Gasteiger partial charge in [-0.3, -0.25) is 0 Å². The third-order valence-electron chi connectivity index (χ3n) is 2.10. The Balaban J connectivity index is 2.70. The fourth-order valence-corrected chi connectivity index (χ4v) is 1.30. The highest BCUT2D eigenvalue weighted by atomic mass is 14.8. The zero-order valence-electron chi connectivity index (χ0n) is 9.15. The first-order chi connectivity index (χ1) is 6.74. The summed E-state index contributed by atoms with van der Waals surface area (Å²) in [5, 5.41) is 3.08. The zero-order chi connectivity index (χ0) is 10.4. The molecule has 0 radical (unpaired) electrons. The van der Waals surface area contributed by atoms with Gasteiger partial charge in [0.05, 0.1) is 0 Å². The molecule has 0 aliphatic rings. The summed E-state index contributed by atoms with van der Waals surface area (Å²) in [7, 11) is 1.94. The minimum absolute atomic E-state index is 0.907. The summed E-state index contributed by atoms with van der Waals surface area (Å²) in [6, 6.07) is 6.37. The lowest BCUT2D eigenvalue weighted by atomic mass is 10.1. The third-order valence-corrected chi connectivity index (χ3v) is 2.10. The van der Waals surface area contributed by atoms with Gasteiger partial charge >= 0.3 is 0 Å². The Morgan fingerprint density at radius 2 is 2.07 bits per heavy atom. The first kappa shape index (κ1) is 10.8. The molecule has 0 bridgehead atoms. The lowest BCUT2D eigenvalue weighted by molar-refractivity contribution is 0.818. The number of nitrogens with one attached hydrogen (secondary N) is 1. The van der Waals surface area contributed by atoms with E-state index >= 15 is 0 Å². The summed E-state index contributed by atoms with van der Waals surface area (Å²) in [4.78, 5) is 0. The van der Waals surface area contributed by atoms with Crippen LogP contribution in [-0.2, 0) is 0 Å². The van der Waals surface area contributed by atoms with Gasteiger partial charge in [-0.1, -0.05) is 29.5 Å². The number of aryl methyl sites for hydroxylation is 2. The summed E-state index contributed by atoms with van der Waals surface area (Å²) in [6.07, 6.45) is 0.907. The van der Waals surface area contributed by atoms with Crippen LogP contribution in [0.25, 0.3) is 0 Å². The Labute approximate surface area is 86.5 Å². The van der Waals surface area contributed by atoms with Crippen LogP contribution in [0.3, 0.4) is 0 Å². The molecule has 1 heteroatoms. The summed E-state index contributed by atoms with van der Waals surface area (Å²) >= 11 is 0. The Morgan fingerprint density at radius 3 is 2.71 bits per heavy atom. The van der Waals surface area contributed by atoms with Gasteiger partial charge in [0, 0.05) is 18.5 Å². The topological polar surface area (TPSA) is 12.0 Å². The molecule has 0 unspecified atom stereocenters. The number of rotatable bonds is 2. The van der Waals surface area contributed by atoms with Crippen LogP contribution in [0, 0.1) is 25.7 Å². The van der Waals surface area contributed by atoms with Crippen LogP contribution < -0.4 is 5.32 Å². The maximum Gasteiger partial charge on any atom is 0.0274 e. The third kappa shape index (κ3) is 3.24. The normalized spacial score (nSPS) is 9.36. The Kier molecular flexibility index (Phi) is 4.22. The van der Waals surface area contributed by atoms with Gasteiger partial charge in [-0.15, -0.1) is 0 Å². The molecule has 0 aliphatic heterocycles. The average molecular weight is 187 g/mol. The van der Waals surface area contributed by atoms with Crippen molar-refractivity contribution < 1.29 is 0 Å². The highest BCUT2D eigenvalue weighted by Gasteiger charge is 1.93. The molecule has 14 heavy (non-hydrogen) atoms. The SMILES string of the molecule is CNCCC#Cc1ccc(C)cc1C. The van der Waals surface area contributed by atoms with E-state index in [9.17, 15) is 0 Å². The molecule has 0 atom stereocenters. The summed E-state index contributed by atoms with van der Waals surface area (Å²) in [5.41, 5.74) is 3.71. The molecule has 0 aromatic heterocycles. The van der Waals surface area contributed by atoms with E-state index in [2.05, 4.69) is 49.2 Å². The Bertz CT molecular complexity index is 355. The van der Waals surface area contributed by atoms with E-state index in [1.54, 1.807) is 0 Å². The fraction of sp³-hybridized carbons (Fsp3) is 0.385. The molecule has 0 fully saturated rings. The highest BCUT2D eigenvalue weighted by molar-refractivity contribution is 5.42. The number of benzene rings is 1. The van der Waals surface area contributed by atoms with Crippen LogP contribution in [-0.4, -0.2) is 13.6 Å².